The Morgan fingerprint density at radius 3 is 2.24 bits per heavy atom. The highest BCUT2D eigenvalue weighted by Gasteiger charge is 2.63. The number of likely N-dealkylation sites (tertiary alicyclic amines) is 2. The number of halogens is 3. The van der Waals surface area contributed by atoms with E-state index in [1.807, 2.05) is 0 Å². The van der Waals surface area contributed by atoms with Gasteiger partial charge in [0.2, 0.25) is 10.0 Å². The number of ether oxygens (including phenoxy) is 1. The van der Waals surface area contributed by atoms with E-state index in [1.165, 1.54) is 47.8 Å². The van der Waals surface area contributed by atoms with E-state index in [4.69, 9.17) is 16.3 Å². The molecule has 11 heteroatoms. The zero-order valence-corrected chi connectivity index (χ0v) is 22.6. The summed E-state index contributed by atoms with van der Waals surface area (Å²) >= 11 is 5.94. The molecule has 0 bridgehead atoms. The molecule has 1 aromatic rings. The molecule has 4 fully saturated rings. The predicted octanol–water partition coefficient (Wildman–Crippen LogP) is 4.99. The van der Waals surface area contributed by atoms with Crippen molar-refractivity contribution in [1.29, 1.82) is 0 Å². The van der Waals surface area contributed by atoms with E-state index in [0.717, 1.165) is 25.9 Å². The highest BCUT2D eigenvalue weighted by atomic mass is 35.5. The van der Waals surface area contributed by atoms with E-state index in [2.05, 4.69) is 4.90 Å². The van der Waals surface area contributed by atoms with Gasteiger partial charge in [0.05, 0.1) is 10.9 Å². The van der Waals surface area contributed by atoms with Gasteiger partial charge in [0.25, 0.3) is 5.92 Å². The van der Waals surface area contributed by atoms with E-state index >= 15 is 0 Å². The molecule has 0 spiro atoms. The molecule has 1 amide bonds. The van der Waals surface area contributed by atoms with Gasteiger partial charge >= 0.3 is 6.09 Å². The Labute approximate surface area is 223 Å². The minimum Gasteiger partial charge on any atom is -0.448 e. The van der Waals surface area contributed by atoms with E-state index in [-0.39, 0.29) is 17.9 Å². The number of nitrogens with zero attached hydrogens (tertiary/aromatic N) is 3. The molecule has 0 aromatic heterocycles. The summed E-state index contributed by atoms with van der Waals surface area (Å²) in [7, 11) is -4.09. The third kappa shape index (κ3) is 5.92. The van der Waals surface area contributed by atoms with Crippen LogP contribution in [0.25, 0.3) is 0 Å². The van der Waals surface area contributed by atoms with Crippen molar-refractivity contribution in [3.63, 3.8) is 0 Å². The van der Waals surface area contributed by atoms with Gasteiger partial charge in [-0.1, -0.05) is 24.4 Å². The lowest BCUT2D eigenvalue weighted by atomic mass is 9.95. The van der Waals surface area contributed by atoms with Crippen LogP contribution in [0.15, 0.2) is 29.2 Å². The number of rotatable bonds is 6. The van der Waals surface area contributed by atoms with Crippen LogP contribution in [0.1, 0.15) is 57.8 Å². The van der Waals surface area contributed by atoms with Crippen molar-refractivity contribution >= 4 is 27.7 Å². The van der Waals surface area contributed by atoms with Gasteiger partial charge in [-0.25, -0.2) is 22.0 Å². The molecular formula is C26H36ClF2N3O4S. The van der Waals surface area contributed by atoms with Gasteiger partial charge < -0.3 is 14.5 Å². The Morgan fingerprint density at radius 2 is 1.62 bits per heavy atom. The fraction of sp³-hybridized carbons (Fsp3) is 0.731. The number of amides is 1. The molecule has 4 aliphatic rings. The molecule has 37 heavy (non-hydrogen) atoms. The zero-order valence-electron chi connectivity index (χ0n) is 21.0. The van der Waals surface area contributed by atoms with Crippen LogP contribution in [0.3, 0.4) is 0 Å². The molecule has 3 heterocycles. The molecule has 3 aliphatic heterocycles. The lowest BCUT2D eigenvalue weighted by Gasteiger charge is -2.42. The summed E-state index contributed by atoms with van der Waals surface area (Å²) in [5.74, 6) is -3.88. The summed E-state index contributed by atoms with van der Waals surface area (Å²) < 4.78 is 62.4. The standard InChI is InChI=1S/C26H36ClF2N3O4S/c27-19-7-9-22(10-8-19)37(34,35)32-21(5-4-6-24(32)23-17-26(23,28)29)18-36-25(33)31-15-11-20(12-16-31)30-13-2-1-3-14-30/h7-10,20-21,23-24H,1-6,11-18H2/t21-,23?,24+/m1/s1. The fourth-order valence-corrected chi connectivity index (χ4v) is 8.35. The van der Waals surface area contributed by atoms with Gasteiger partial charge in [0, 0.05) is 42.5 Å². The number of carbonyl (C=O) groups excluding carboxylic acids is 1. The minimum absolute atomic E-state index is 0.00359. The summed E-state index contributed by atoms with van der Waals surface area (Å²) in [6, 6.07) is 4.71. The van der Waals surface area contributed by atoms with E-state index in [1.54, 1.807) is 4.90 Å². The maximum atomic E-state index is 14.1. The van der Waals surface area contributed by atoms with E-state index < -0.39 is 40.0 Å². The van der Waals surface area contributed by atoms with Crippen molar-refractivity contribution in [2.24, 2.45) is 5.92 Å². The molecule has 0 radical (unpaired) electrons. The van der Waals surface area contributed by atoms with Crippen molar-refractivity contribution in [2.75, 3.05) is 32.8 Å². The molecule has 206 valence electrons. The molecular weight excluding hydrogens is 524 g/mol. The van der Waals surface area contributed by atoms with Crippen molar-refractivity contribution in [3.05, 3.63) is 29.3 Å². The SMILES string of the molecule is O=C(OC[C@H]1CCC[C@@H](C2CC2(F)F)N1S(=O)(=O)c1ccc(Cl)cc1)N1CCC(N2CCCCC2)CC1. The van der Waals surface area contributed by atoms with E-state index in [0.29, 0.717) is 43.4 Å². The third-order valence-corrected chi connectivity index (χ3v) is 10.7. The molecule has 0 N–H and O–H groups in total. The number of hydrogen-bond donors (Lipinski definition) is 0. The average Bonchev–Trinajstić information content (AvgIpc) is 3.55. The molecule has 1 aliphatic carbocycles. The van der Waals surface area contributed by atoms with Crippen molar-refractivity contribution < 1.29 is 26.7 Å². The lowest BCUT2D eigenvalue weighted by molar-refractivity contribution is 0.0296. The van der Waals surface area contributed by atoms with Gasteiger partial charge in [-0.05, 0) is 75.9 Å². The Morgan fingerprint density at radius 1 is 0.973 bits per heavy atom. The smallest absolute Gasteiger partial charge is 0.409 e. The maximum Gasteiger partial charge on any atom is 0.409 e. The van der Waals surface area contributed by atoms with Crippen LogP contribution in [-0.4, -0.2) is 85.5 Å². The second kappa shape index (κ2) is 10.9. The van der Waals surface area contributed by atoms with Crippen LogP contribution in [0, 0.1) is 5.92 Å². The summed E-state index contributed by atoms with van der Waals surface area (Å²) in [6.45, 7) is 3.31. The van der Waals surface area contributed by atoms with Crippen LogP contribution in [-0.2, 0) is 14.8 Å². The first kappa shape index (κ1) is 27.1. The Hall–Kier alpha value is -1.49. The van der Waals surface area contributed by atoms with Crippen molar-refractivity contribution in [1.82, 2.24) is 14.1 Å². The van der Waals surface area contributed by atoms with Crippen LogP contribution in [0.2, 0.25) is 5.02 Å². The fourth-order valence-electron chi connectivity index (χ4n) is 6.33. The second-order valence-corrected chi connectivity index (χ2v) is 13.2. The van der Waals surface area contributed by atoms with Crippen LogP contribution < -0.4 is 0 Å². The third-order valence-electron chi connectivity index (χ3n) is 8.48. The largest absolute Gasteiger partial charge is 0.448 e. The molecule has 1 aromatic carbocycles. The highest BCUT2D eigenvalue weighted by molar-refractivity contribution is 7.89. The van der Waals surface area contributed by atoms with E-state index in [9.17, 15) is 22.0 Å². The zero-order chi connectivity index (χ0) is 26.2. The van der Waals surface area contributed by atoms with Gasteiger partial charge in [-0.15, -0.1) is 0 Å². The Balaban J connectivity index is 1.25. The van der Waals surface area contributed by atoms with Gasteiger partial charge in [-0.2, -0.15) is 4.31 Å². The van der Waals surface area contributed by atoms with Gasteiger partial charge in [0.15, 0.2) is 0 Å². The summed E-state index contributed by atoms with van der Waals surface area (Å²) in [4.78, 5) is 17.1. The van der Waals surface area contributed by atoms with Gasteiger partial charge in [0.1, 0.15) is 6.61 Å². The second-order valence-electron chi connectivity index (χ2n) is 10.9. The molecule has 7 nitrogen and oxygen atoms in total. The van der Waals surface area contributed by atoms with Crippen molar-refractivity contribution in [2.45, 2.75) is 86.7 Å². The summed E-state index contributed by atoms with van der Waals surface area (Å²) in [6.07, 6.45) is 6.18. The monoisotopic (exact) mass is 559 g/mol. The molecule has 1 unspecified atom stereocenters. The number of carbonyl (C=O) groups is 1. The molecule has 3 saturated heterocycles. The van der Waals surface area contributed by atoms with Gasteiger partial charge in [-0.3, -0.25) is 0 Å². The number of hydrogen-bond acceptors (Lipinski definition) is 5. The van der Waals surface area contributed by atoms with Crippen LogP contribution in [0.4, 0.5) is 13.6 Å². The number of sulfonamides is 1. The first-order chi connectivity index (χ1) is 17.7. The van der Waals surface area contributed by atoms with Crippen LogP contribution in [0.5, 0.6) is 0 Å². The molecule has 1 saturated carbocycles. The topological polar surface area (TPSA) is 70.2 Å². The maximum absolute atomic E-state index is 14.1. The number of alkyl halides is 2. The highest BCUT2D eigenvalue weighted by Crippen LogP contribution is 2.54. The normalized spacial score (nSPS) is 29.7. The number of piperidine rings is 3. The summed E-state index contributed by atoms with van der Waals surface area (Å²) in [5.41, 5.74) is 0. The Kier molecular flexibility index (Phi) is 8.01. The van der Waals surface area contributed by atoms with Crippen LogP contribution >= 0.6 is 11.6 Å². The first-order valence-electron chi connectivity index (χ1n) is 13.5. The molecule has 3 atom stereocenters. The first-order valence-corrected chi connectivity index (χ1v) is 15.3. The summed E-state index contributed by atoms with van der Waals surface area (Å²) in [5, 5.41) is 0.386. The van der Waals surface area contributed by atoms with Crippen molar-refractivity contribution in [3.8, 4) is 0 Å². The lowest BCUT2D eigenvalue weighted by Crippen LogP contribution is -2.54. The Bertz CT molecular complexity index is 1060. The minimum atomic E-state index is -4.09. The average molecular weight is 560 g/mol. The quantitative estimate of drug-likeness (QED) is 0.491. The number of benzene rings is 1. The predicted molar refractivity (Wildman–Crippen MR) is 136 cm³/mol. The molecule has 5 rings (SSSR count).